The van der Waals surface area contributed by atoms with Crippen molar-refractivity contribution in [1.29, 1.82) is 0 Å². The molecule has 0 unspecified atom stereocenters. The lowest BCUT2D eigenvalue weighted by Gasteiger charge is -2.19. The molecule has 2 amide bonds. The summed E-state index contributed by atoms with van der Waals surface area (Å²) in [5.41, 5.74) is 2.53. The number of aromatic nitrogens is 1. The van der Waals surface area contributed by atoms with Crippen molar-refractivity contribution in [1.82, 2.24) is 9.47 Å². The number of fused-ring (bicyclic) bond motifs is 3. The fraction of sp³-hybridized carbons (Fsp3) is 0.154. The maximum absolute atomic E-state index is 12.9. The van der Waals surface area contributed by atoms with Gasteiger partial charge in [-0.05, 0) is 71.9 Å². The van der Waals surface area contributed by atoms with Gasteiger partial charge in [0.05, 0.1) is 31.2 Å². The van der Waals surface area contributed by atoms with Gasteiger partial charge >= 0.3 is 0 Å². The Kier molecular flexibility index (Phi) is 6.51. The summed E-state index contributed by atoms with van der Waals surface area (Å²) in [7, 11) is 1.58. The van der Waals surface area contributed by atoms with E-state index in [1.54, 1.807) is 37.5 Å². The van der Waals surface area contributed by atoms with E-state index in [0.29, 0.717) is 20.7 Å². The molecule has 0 spiro atoms. The van der Waals surface area contributed by atoms with Gasteiger partial charge in [0.2, 0.25) is 0 Å². The van der Waals surface area contributed by atoms with Crippen molar-refractivity contribution in [2.45, 2.75) is 12.6 Å². The predicted molar refractivity (Wildman–Crippen MR) is 141 cm³/mol. The van der Waals surface area contributed by atoms with E-state index in [1.165, 1.54) is 0 Å². The minimum atomic E-state index is -0.978. The first-order valence-electron chi connectivity index (χ1n) is 10.8. The molecule has 1 N–H and O–H groups in total. The van der Waals surface area contributed by atoms with Crippen LogP contribution in [0.1, 0.15) is 5.56 Å². The van der Waals surface area contributed by atoms with E-state index in [9.17, 15) is 14.7 Å². The Hall–Kier alpha value is -2.97. The van der Waals surface area contributed by atoms with Gasteiger partial charge in [-0.1, -0.05) is 35.3 Å². The first-order chi connectivity index (χ1) is 16.8. The second-order valence-electron chi connectivity index (χ2n) is 8.15. The summed E-state index contributed by atoms with van der Waals surface area (Å²) in [6, 6.07) is 18.2. The number of aliphatic hydroxyl groups excluding tert-OH is 1. The van der Waals surface area contributed by atoms with E-state index in [-0.39, 0.29) is 13.1 Å². The summed E-state index contributed by atoms with van der Waals surface area (Å²) in [5.74, 6) is 0.281. The number of imide groups is 1. The predicted octanol–water partition coefficient (Wildman–Crippen LogP) is 6.21. The zero-order chi connectivity index (χ0) is 24.7. The van der Waals surface area contributed by atoms with Gasteiger partial charge in [0, 0.05) is 31.9 Å². The van der Waals surface area contributed by atoms with Crippen molar-refractivity contribution in [3.8, 4) is 5.75 Å². The Morgan fingerprint density at radius 1 is 0.943 bits per heavy atom. The molecule has 1 aromatic heterocycles. The van der Waals surface area contributed by atoms with Gasteiger partial charge in [0.25, 0.3) is 11.1 Å². The molecule has 9 heteroatoms. The highest BCUT2D eigenvalue weighted by atomic mass is 35.5. The Labute approximate surface area is 215 Å². The van der Waals surface area contributed by atoms with Crippen molar-refractivity contribution < 1.29 is 19.4 Å². The quantitative estimate of drug-likeness (QED) is 0.302. The second kappa shape index (κ2) is 9.59. The summed E-state index contributed by atoms with van der Waals surface area (Å²) in [4.78, 5) is 26.9. The number of β-amino-alcohol motifs (C(OH)–C–C–N with tert-alkyl or cyclic N) is 1. The molecule has 1 aliphatic heterocycles. The third-order valence-electron chi connectivity index (χ3n) is 5.86. The van der Waals surface area contributed by atoms with Crippen LogP contribution in [-0.4, -0.2) is 45.5 Å². The highest BCUT2D eigenvalue weighted by Crippen LogP contribution is 2.35. The molecule has 0 bridgehead atoms. The number of halogens is 2. The zero-order valence-corrected chi connectivity index (χ0v) is 20.9. The first-order valence-corrected chi connectivity index (χ1v) is 12.4. The molecule has 5 rings (SSSR count). The summed E-state index contributed by atoms with van der Waals surface area (Å²) < 4.78 is 7.10. The molecule has 6 nitrogen and oxygen atoms in total. The van der Waals surface area contributed by atoms with Gasteiger partial charge in [-0.2, -0.15) is 0 Å². The Bertz CT molecular complexity index is 1440. The van der Waals surface area contributed by atoms with Crippen LogP contribution in [0.25, 0.3) is 27.9 Å². The lowest BCUT2D eigenvalue weighted by atomic mass is 10.1. The molecule has 1 atom stereocenters. The van der Waals surface area contributed by atoms with Crippen molar-refractivity contribution >= 4 is 74.0 Å². The number of ether oxygens (including phenoxy) is 1. The highest BCUT2D eigenvalue weighted by Gasteiger charge is 2.36. The lowest BCUT2D eigenvalue weighted by molar-refractivity contribution is -0.123. The maximum Gasteiger partial charge on any atom is 0.293 e. The van der Waals surface area contributed by atoms with Crippen LogP contribution in [-0.2, 0) is 11.3 Å². The van der Waals surface area contributed by atoms with E-state index in [1.807, 2.05) is 41.0 Å². The number of hydrogen-bond donors (Lipinski definition) is 1. The number of rotatable bonds is 6. The van der Waals surface area contributed by atoms with E-state index < -0.39 is 17.3 Å². The molecule has 2 heterocycles. The van der Waals surface area contributed by atoms with Crippen molar-refractivity contribution in [3.63, 3.8) is 0 Å². The molecule has 0 radical (unpaired) electrons. The summed E-state index contributed by atoms with van der Waals surface area (Å²) >= 11 is 13.3. The zero-order valence-electron chi connectivity index (χ0n) is 18.6. The number of benzene rings is 3. The van der Waals surface area contributed by atoms with Crippen LogP contribution < -0.4 is 4.74 Å². The van der Waals surface area contributed by atoms with Crippen LogP contribution in [0, 0.1) is 0 Å². The van der Waals surface area contributed by atoms with Gasteiger partial charge < -0.3 is 14.4 Å². The number of carbonyl (C=O) groups excluding carboxylic acids is 2. The third kappa shape index (κ3) is 4.65. The van der Waals surface area contributed by atoms with Crippen molar-refractivity contribution in [2.24, 2.45) is 0 Å². The number of carbonyl (C=O) groups is 2. The monoisotopic (exact) mass is 526 g/mol. The van der Waals surface area contributed by atoms with E-state index in [0.717, 1.165) is 44.0 Å². The molecule has 1 saturated heterocycles. The van der Waals surface area contributed by atoms with Gasteiger partial charge in [-0.3, -0.25) is 14.5 Å². The summed E-state index contributed by atoms with van der Waals surface area (Å²) in [6.45, 7) is 0.0650. The second-order valence-corrected chi connectivity index (χ2v) is 10.0. The summed E-state index contributed by atoms with van der Waals surface area (Å²) in [6.07, 6.45) is 0.686. The van der Waals surface area contributed by atoms with Crippen LogP contribution in [0.15, 0.2) is 65.6 Å². The molecular formula is C26H20Cl2N2O4S. The van der Waals surface area contributed by atoms with Crippen LogP contribution in [0.4, 0.5) is 4.79 Å². The standard InChI is InChI=1S/C26H20Cl2N2O4S/c1-34-19-6-2-15(3-7-19)10-24-25(32)30(26(33)35-24)14-18(31)13-29-22-8-4-16(27)11-20(22)21-12-17(28)5-9-23(21)29/h2-12,18,31H,13-14H2,1H3/b24-10-/t18-/m0/s1. The topological polar surface area (TPSA) is 71.8 Å². The molecule has 35 heavy (non-hydrogen) atoms. The van der Waals surface area contributed by atoms with Crippen LogP contribution in [0.5, 0.6) is 5.75 Å². The number of amides is 2. The number of nitrogens with zero attached hydrogens (tertiary/aromatic N) is 2. The van der Waals surface area contributed by atoms with Gasteiger partial charge in [0.15, 0.2) is 0 Å². The molecule has 1 fully saturated rings. The van der Waals surface area contributed by atoms with Crippen LogP contribution in [0.3, 0.4) is 0 Å². The first kappa shape index (κ1) is 23.8. The van der Waals surface area contributed by atoms with Gasteiger partial charge in [-0.15, -0.1) is 0 Å². The Morgan fingerprint density at radius 3 is 2.11 bits per heavy atom. The van der Waals surface area contributed by atoms with Crippen molar-refractivity contribution in [3.05, 3.63) is 81.2 Å². The summed E-state index contributed by atoms with van der Waals surface area (Å²) in [5, 5.41) is 13.5. The van der Waals surface area contributed by atoms with E-state index in [4.69, 9.17) is 27.9 Å². The van der Waals surface area contributed by atoms with E-state index >= 15 is 0 Å². The Balaban J connectivity index is 1.38. The van der Waals surface area contributed by atoms with Gasteiger partial charge in [0.1, 0.15) is 5.75 Å². The lowest BCUT2D eigenvalue weighted by Crippen LogP contribution is -2.37. The molecule has 0 aliphatic carbocycles. The molecular weight excluding hydrogens is 507 g/mol. The fourth-order valence-electron chi connectivity index (χ4n) is 4.23. The highest BCUT2D eigenvalue weighted by molar-refractivity contribution is 8.18. The smallest absolute Gasteiger partial charge is 0.293 e. The Morgan fingerprint density at radius 2 is 1.54 bits per heavy atom. The normalized spacial score (nSPS) is 16.1. The SMILES string of the molecule is COc1ccc(/C=C2\SC(=O)N(C[C@@H](O)Cn3c4ccc(Cl)cc4c4cc(Cl)ccc43)C2=O)cc1. The fourth-order valence-corrected chi connectivity index (χ4v) is 5.43. The number of thioether (sulfide) groups is 1. The van der Waals surface area contributed by atoms with Crippen LogP contribution in [0.2, 0.25) is 10.0 Å². The average Bonchev–Trinajstić information content (AvgIpc) is 3.27. The number of methoxy groups -OCH3 is 1. The minimum absolute atomic E-state index is 0.118. The molecule has 1 aliphatic rings. The molecule has 0 saturated carbocycles. The largest absolute Gasteiger partial charge is 0.497 e. The average molecular weight is 527 g/mol. The van der Waals surface area contributed by atoms with Crippen molar-refractivity contribution in [2.75, 3.05) is 13.7 Å². The molecule has 4 aromatic rings. The van der Waals surface area contributed by atoms with Gasteiger partial charge in [-0.25, -0.2) is 0 Å². The number of hydrogen-bond acceptors (Lipinski definition) is 5. The van der Waals surface area contributed by atoms with E-state index in [2.05, 4.69) is 0 Å². The maximum atomic E-state index is 12.9. The molecule has 3 aromatic carbocycles. The number of aliphatic hydroxyl groups is 1. The molecule has 178 valence electrons. The third-order valence-corrected chi connectivity index (χ3v) is 7.24. The minimum Gasteiger partial charge on any atom is -0.497 e. The van der Waals surface area contributed by atoms with Crippen LogP contribution >= 0.6 is 35.0 Å².